The second-order valence-electron chi connectivity index (χ2n) is 10.3. The fraction of sp³-hybridized carbons (Fsp3) is 0.778. The lowest BCUT2D eigenvalue weighted by atomic mass is 10.1. The predicted octanol–water partition coefficient (Wildman–Crippen LogP) is 3.52. The van der Waals surface area contributed by atoms with E-state index in [1.165, 1.54) is 12.8 Å². The first-order chi connectivity index (χ1) is 18.0. The van der Waals surface area contributed by atoms with Crippen molar-refractivity contribution in [2.24, 2.45) is 0 Å². The van der Waals surface area contributed by atoms with Gasteiger partial charge in [0.1, 0.15) is 0 Å². The third-order valence-corrected chi connectivity index (χ3v) is 9.34. The van der Waals surface area contributed by atoms with Crippen molar-refractivity contribution in [3.05, 3.63) is 30.1 Å². The summed E-state index contributed by atoms with van der Waals surface area (Å²) in [6, 6.07) is 3.73. The van der Waals surface area contributed by atoms with E-state index in [0.717, 1.165) is 89.8 Å². The van der Waals surface area contributed by atoms with Crippen molar-refractivity contribution in [1.29, 1.82) is 0 Å². The molecule has 0 radical (unpaired) electrons. The number of ether oxygens (including phenoxy) is 1. The van der Waals surface area contributed by atoms with Gasteiger partial charge in [0.2, 0.25) is 10.0 Å². The van der Waals surface area contributed by atoms with Crippen LogP contribution in [0.25, 0.3) is 0 Å². The maximum Gasteiger partial charge on any atom is 0.315 e. The van der Waals surface area contributed by atoms with E-state index in [1.807, 2.05) is 16.4 Å². The van der Waals surface area contributed by atoms with Crippen LogP contribution < -0.4 is 10.6 Å². The monoisotopic (exact) mass is 537 g/mol. The number of morpholine rings is 1. The van der Waals surface area contributed by atoms with Crippen LogP contribution in [-0.4, -0.2) is 86.4 Å². The summed E-state index contributed by atoms with van der Waals surface area (Å²) in [6.45, 7) is 6.02. The van der Waals surface area contributed by atoms with Gasteiger partial charge in [0.05, 0.1) is 19.0 Å². The van der Waals surface area contributed by atoms with Gasteiger partial charge in [-0.2, -0.15) is 4.31 Å². The van der Waals surface area contributed by atoms with Crippen molar-refractivity contribution in [3.8, 4) is 0 Å². The lowest BCUT2D eigenvalue weighted by Gasteiger charge is -2.32. The minimum Gasteiger partial charge on any atom is -0.379 e. The molecule has 3 rings (SSSR count). The molecule has 2 fully saturated rings. The summed E-state index contributed by atoms with van der Waals surface area (Å²) in [5, 5.41) is 5.69. The molecule has 10 heteroatoms. The number of amides is 2. The SMILES string of the molecule is O=C(NCCCCCCS(=O)(=O)N(CCCN1CCOCC1)C1CCCCCC1)NCc1cccnc1. The fourth-order valence-corrected chi connectivity index (χ4v) is 7.08. The Labute approximate surface area is 223 Å². The van der Waals surface area contributed by atoms with Crippen molar-refractivity contribution in [2.75, 3.05) is 51.7 Å². The Morgan fingerprint density at radius 2 is 1.78 bits per heavy atom. The molecule has 0 unspecified atom stereocenters. The zero-order valence-electron chi connectivity index (χ0n) is 22.4. The maximum absolute atomic E-state index is 13.4. The van der Waals surface area contributed by atoms with Crippen molar-refractivity contribution < 1.29 is 17.9 Å². The molecule has 1 saturated carbocycles. The van der Waals surface area contributed by atoms with Crippen LogP contribution in [0.4, 0.5) is 4.79 Å². The van der Waals surface area contributed by atoms with Crippen LogP contribution in [0.3, 0.4) is 0 Å². The Balaban J connectivity index is 1.34. The van der Waals surface area contributed by atoms with Gasteiger partial charge in [-0.1, -0.05) is 44.6 Å². The standard InChI is InChI=1S/C27H47N5O4S/c33-27(30-24-25-11-9-14-28-23-25)29-15-7-3-4-8-22-37(34,35)32(26-12-5-1-2-6-13-26)17-10-16-31-18-20-36-21-19-31/h9,11,14,23,26H,1-8,10,12-13,15-22,24H2,(H2,29,30,33). The Kier molecular flexibility index (Phi) is 13.7. The van der Waals surface area contributed by atoms with Crippen LogP contribution in [0, 0.1) is 0 Å². The number of urea groups is 1. The summed E-state index contributed by atoms with van der Waals surface area (Å²) in [7, 11) is -3.28. The van der Waals surface area contributed by atoms with Crippen LogP contribution in [0.2, 0.25) is 0 Å². The molecule has 1 aromatic heterocycles. The highest BCUT2D eigenvalue weighted by atomic mass is 32.2. The molecule has 9 nitrogen and oxygen atoms in total. The largest absolute Gasteiger partial charge is 0.379 e. The number of aromatic nitrogens is 1. The van der Waals surface area contributed by atoms with E-state index >= 15 is 0 Å². The molecule has 1 aromatic rings. The van der Waals surface area contributed by atoms with E-state index in [2.05, 4.69) is 20.5 Å². The fourth-order valence-electron chi connectivity index (χ4n) is 5.20. The molecule has 2 N–H and O–H groups in total. The zero-order chi connectivity index (χ0) is 26.2. The number of unbranched alkanes of at least 4 members (excludes halogenated alkanes) is 3. The van der Waals surface area contributed by atoms with E-state index in [1.54, 1.807) is 12.4 Å². The smallest absolute Gasteiger partial charge is 0.315 e. The quantitative estimate of drug-likeness (QED) is 0.262. The van der Waals surface area contributed by atoms with Crippen LogP contribution in [0.5, 0.6) is 0 Å². The number of rotatable bonds is 15. The minimum absolute atomic E-state index is 0.159. The summed E-state index contributed by atoms with van der Waals surface area (Å²) in [5.41, 5.74) is 0.956. The average molecular weight is 538 g/mol. The number of sulfonamides is 1. The van der Waals surface area contributed by atoms with Gasteiger partial charge < -0.3 is 15.4 Å². The van der Waals surface area contributed by atoms with Crippen molar-refractivity contribution in [2.45, 2.75) is 83.2 Å². The average Bonchev–Trinajstić information content (AvgIpc) is 3.20. The highest BCUT2D eigenvalue weighted by Crippen LogP contribution is 2.25. The minimum atomic E-state index is -3.28. The van der Waals surface area contributed by atoms with Crippen molar-refractivity contribution >= 4 is 16.1 Å². The molecule has 0 bridgehead atoms. The summed E-state index contributed by atoms with van der Waals surface area (Å²) in [5.74, 6) is 0.222. The first-order valence-electron chi connectivity index (χ1n) is 14.2. The lowest BCUT2D eigenvalue weighted by Crippen LogP contribution is -2.44. The molecule has 0 atom stereocenters. The number of nitrogens with one attached hydrogen (secondary N) is 2. The molecule has 1 aliphatic carbocycles. The van der Waals surface area contributed by atoms with Gasteiger partial charge in [-0.3, -0.25) is 9.88 Å². The number of hydrogen-bond donors (Lipinski definition) is 2. The van der Waals surface area contributed by atoms with Crippen molar-refractivity contribution in [1.82, 2.24) is 24.8 Å². The van der Waals surface area contributed by atoms with Gasteiger partial charge in [-0.25, -0.2) is 13.2 Å². The van der Waals surface area contributed by atoms with Gasteiger partial charge in [0.25, 0.3) is 0 Å². The normalized spacial score (nSPS) is 18.0. The van der Waals surface area contributed by atoms with Crippen molar-refractivity contribution in [3.63, 3.8) is 0 Å². The van der Waals surface area contributed by atoms with Gasteiger partial charge in [0.15, 0.2) is 0 Å². The number of carbonyl (C=O) groups excluding carboxylic acids is 1. The molecule has 210 valence electrons. The first kappa shape index (κ1) is 29.8. The predicted molar refractivity (Wildman–Crippen MR) is 147 cm³/mol. The number of carbonyl (C=O) groups is 1. The van der Waals surface area contributed by atoms with E-state index in [9.17, 15) is 13.2 Å². The maximum atomic E-state index is 13.4. The van der Waals surface area contributed by atoms with E-state index in [4.69, 9.17) is 4.74 Å². The third kappa shape index (κ3) is 11.7. The van der Waals surface area contributed by atoms with Crippen LogP contribution in [0.1, 0.15) is 76.2 Å². The molecule has 37 heavy (non-hydrogen) atoms. The Bertz CT molecular complexity index is 857. The molecule has 2 heterocycles. The van der Waals surface area contributed by atoms with Gasteiger partial charge >= 0.3 is 6.03 Å². The van der Waals surface area contributed by atoms with E-state index in [0.29, 0.717) is 26.1 Å². The van der Waals surface area contributed by atoms with Crippen LogP contribution in [0.15, 0.2) is 24.5 Å². The van der Waals surface area contributed by atoms with Gasteiger partial charge in [-0.15, -0.1) is 0 Å². The second kappa shape index (κ2) is 17.0. The summed E-state index contributed by atoms with van der Waals surface area (Å²) < 4.78 is 34.1. The lowest BCUT2D eigenvalue weighted by molar-refractivity contribution is 0.0365. The number of pyridine rings is 1. The molecule has 1 saturated heterocycles. The molecular formula is C27H47N5O4S. The Morgan fingerprint density at radius 1 is 1.03 bits per heavy atom. The molecule has 0 aromatic carbocycles. The molecular weight excluding hydrogens is 490 g/mol. The van der Waals surface area contributed by atoms with Crippen LogP contribution >= 0.6 is 0 Å². The molecule has 2 amide bonds. The van der Waals surface area contributed by atoms with Gasteiger partial charge in [-0.05, 0) is 50.3 Å². The van der Waals surface area contributed by atoms with Crippen LogP contribution in [-0.2, 0) is 21.3 Å². The van der Waals surface area contributed by atoms with E-state index in [-0.39, 0.29) is 17.8 Å². The zero-order valence-corrected chi connectivity index (χ0v) is 23.2. The summed E-state index contributed by atoms with van der Waals surface area (Å²) in [6.07, 6.45) is 14.2. The third-order valence-electron chi connectivity index (χ3n) is 7.34. The topological polar surface area (TPSA) is 104 Å². The Morgan fingerprint density at radius 3 is 2.51 bits per heavy atom. The molecule has 1 aliphatic heterocycles. The molecule has 0 spiro atoms. The first-order valence-corrected chi connectivity index (χ1v) is 15.9. The summed E-state index contributed by atoms with van der Waals surface area (Å²) in [4.78, 5) is 18.4. The summed E-state index contributed by atoms with van der Waals surface area (Å²) >= 11 is 0. The molecule has 2 aliphatic rings. The van der Waals surface area contributed by atoms with Gasteiger partial charge in [0, 0.05) is 51.2 Å². The Hall–Kier alpha value is -1.75. The second-order valence-corrected chi connectivity index (χ2v) is 12.3. The highest BCUT2D eigenvalue weighted by Gasteiger charge is 2.29. The highest BCUT2D eigenvalue weighted by molar-refractivity contribution is 7.89. The number of hydrogen-bond acceptors (Lipinski definition) is 6. The van der Waals surface area contributed by atoms with E-state index < -0.39 is 10.0 Å². The number of nitrogens with zero attached hydrogens (tertiary/aromatic N) is 3.